The lowest BCUT2D eigenvalue weighted by Crippen LogP contribution is -2.16. The molecule has 0 radical (unpaired) electrons. The largest absolute Gasteiger partial charge is 0.488 e. The lowest BCUT2D eigenvalue weighted by atomic mass is 10.1. The van der Waals surface area contributed by atoms with E-state index in [1.807, 2.05) is 6.92 Å². The first-order chi connectivity index (χ1) is 14.2. The van der Waals surface area contributed by atoms with Crippen molar-refractivity contribution in [3.05, 3.63) is 85.5 Å². The third-order valence-electron chi connectivity index (χ3n) is 3.98. The van der Waals surface area contributed by atoms with Crippen molar-refractivity contribution < 1.29 is 22.7 Å². The van der Waals surface area contributed by atoms with E-state index in [-0.39, 0.29) is 12.5 Å². The minimum absolute atomic E-state index is 0.0487. The van der Waals surface area contributed by atoms with Crippen molar-refractivity contribution in [3.8, 4) is 5.75 Å². The summed E-state index contributed by atoms with van der Waals surface area (Å²) in [6, 6.07) is 11.9. The summed E-state index contributed by atoms with van der Waals surface area (Å²) in [5.74, 6) is 0.0806. The fourth-order valence-corrected chi connectivity index (χ4v) is 3.60. The van der Waals surface area contributed by atoms with E-state index in [0.29, 0.717) is 22.4 Å². The molecule has 3 rings (SSSR count). The molecule has 1 heterocycles. The number of alkyl halides is 3. The third kappa shape index (κ3) is 5.93. The van der Waals surface area contributed by atoms with E-state index in [9.17, 15) is 18.0 Å². The SMILES string of the molecule is Cc1cc(C(=O)N/N=C\c2cc(Br)ccc2OCc2cccc(C(F)(F)F)c2)cs1. The summed E-state index contributed by atoms with van der Waals surface area (Å²) in [5.41, 5.74) is 3.18. The van der Waals surface area contributed by atoms with Crippen LogP contribution in [0.3, 0.4) is 0 Å². The molecule has 1 aromatic heterocycles. The normalized spacial score (nSPS) is 11.6. The van der Waals surface area contributed by atoms with Gasteiger partial charge in [-0.1, -0.05) is 28.1 Å². The predicted molar refractivity (Wildman–Crippen MR) is 114 cm³/mol. The zero-order valence-electron chi connectivity index (χ0n) is 15.7. The highest BCUT2D eigenvalue weighted by atomic mass is 79.9. The van der Waals surface area contributed by atoms with Gasteiger partial charge < -0.3 is 4.74 Å². The molecule has 0 spiro atoms. The van der Waals surface area contributed by atoms with Crippen molar-refractivity contribution in [2.75, 3.05) is 0 Å². The quantitative estimate of drug-likeness (QED) is 0.327. The molecule has 1 N–H and O–H groups in total. The van der Waals surface area contributed by atoms with Crippen molar-refractivity contribution in [3.63, 3.8) is 0 Å². The number of thiophene rings is 1. The van der Waals surface area contributed by atoms with Crippen LogP contribution in [-0.2, 0) is 12.8 Å². The van der Waals surface area contributed by atoms with E-state index in [1.165, 1.54) is 23.6 Å². The highest BCUT2D eigenvalue weighted by molar-refractivity contribution is 9.10. The number of carbonyl (C=O) groups excluding carboxylic acids is 1. The number of nitrogens with zero attached hydrogens (tertiary/aromatic N) is 1. The van der Waals surface area contributed by atoms with Crippen LogP contribution in [0, 0.1) is 6.92 Å². The van der Waals surface area contributed by atoms with Gasteiger partial charge in [-0.15, -0.1) is 11.3 Å². The van der Waals surface area contributed by atoms with Crippen LogP contribution in [-0.4, -0.2) is 12.1 Å². The van der Waals surface area contributed by atoms with Crippen molar-refractivity contribution in [2.45, 2.75) is 19.7 Å². The average Bonchev–Trinajstić information content (AvgIpc) is 3.13. The van der Waals surface area contributed by atoms with Crippen molar-refractivity contribution in [1.29, 1.82) is 0 Å². The maximum absolute atomic E-state index is 12.9. The number of carbonyl (C=O) groups is 1. The fraction of sp³-hybridized carbons (Fsp3) is 0.143. The van der Waals surface area contributed by atoms with Gasteiger partial charge in [0, 0.05) is 20.3 Å². The van der Waals surface area contributed by atoms with E-state index in [1.54, 1.807) is 35.7 Å². The lowest BCUT2D eigenvalue weighted by molar-refractivity contribution is -0.137. The summed E-state index contributed by atoms with van der Waals surface area (Å²) in [4.78, 5) is 13.1. The number of benzene rings is 2. The minimum Gasteiger partial charge on any atom is -0.488 e. The molecular formula is C21H16BrF3N2O2S. The topological polar surface area (TPSA) is 50.7 Å². The Bertz CT molecular complexity index is 1080. The Labute approximate surface area is 183 Å². The molecule has 3 aromatic rings. The van der Waals surface area contributed by atoms with Crippen LogP contribution < -0.4 is 10.2 Å². The second kappa shape index (κ2) is 9.44. The Hall–Kier alpha value is -2.65. The van der Waals surface area contributed by atoms with Gasteiger partial charge in [-0.2, -0.15) is 18.3 Å². The Balaban J connectivity index is 1.70. The van der Waals surface area contributed by atoms with E-state index in [4.69, 9.17) is 4.74 Å². The fourth-order valence-electron chi connectivity index (χ4n) is 2.54. The maximum atomic E-state index is 12.9. The van der Waals surface area contributed by atoms with Crippen LogP contribution in [0.4, 0.5) is 13.2 Å². The van der Waals surface area contributed by atoms with E-state index in [2.05, 4.69) is 26.5 Å². The molecule has 30 heavy (non-hydrogen) atoms. The van der Waals surface area contributed by atoms with E-state index in [0.717, 1.165) is 21.5 Å². The number of rotatable bonds is 6. The molecule has 0 aliphatic heterocycles. The smallest absolute Gasteiger partial charge is 0.416 e. The molecule has 9 heteroatoms. The molecule has 0 aliphatic rings. The number of halogens is 4. The Kier molecular flexibility index (Phi) is 6.94. The van der Waals surface area contributed by atoms with Crippen LogP contribution in [0.2, 0.25) is 0 Å². The second-order valence-corrected chi connectivity index (χ2v) is 8.35. The van der Waals surface area contributed by atoms with Gasteiger partial charge in [0.15, 0.2) is 0 Å². The summed E-state index contributed by atoms with van der Waals surface area (Å²) in [6.07, 6.45) is -2.99. The minimum atomic E-state index is -4.41. The van der Waals surface area contributed by atoms with Gasteiger partial charge in [0.05, 0.1) is 17.3 Å². The number of hydrogen-bond acceptors (Lipinski definition) is 4. The monoisotopic (exact) mass is 496 g/mol. The summed E-state index contributed by atoms with van der Waals surface area (Å²) in [7, 11) is 0. The molecule has 0 atom stereocenters. The summed E-state index contributed by atoms with van der Waals surface area (Å²) >= 11 is 4.82. The molecule has 4 nitrogen and oxygen atoms in total. The summed E-state index contributed by atoms with van der Waals surface area (Å²) in [5, 5.41) is 5.70. The maximum Gasteiger partial charge on any atom is 0.416 e. The van der Waals surface area contributed by atoms with Crippen molar-refractivity contribution >= 4 is 39.4 Å². The van der Waals surface area contributed by atoms with Crippen molar-refractivity contribution in [2.24, 2.45) is 5.10 Å². The third-order valence-corrected chi connectivity index (χ3v) is 5.34. The molecule has 0 aliphatic carbocycles. The molecule has 156 valence electrons. The number of ether oxygens (including phenoxy) is 1. The first-order valence-electron chi connectivity index (χ1n) is 8.69. The number of nitrogens with one attached hydrogen (secondary N) is 1. The Morgan fingerprint density at radius 1 is 1.23 bits per heavy atom. The van der Waals surface area contributed by atoms with Crippen LogP contribution >= 0.6 is 27.3 Å². The highest BCUT2D eigenvalue weighted by Crippen LogP contribution is 2.30. The van der Waals surface area contributed by atoms with E-state index < -0.39 is 11.7 Å². The van der Waals surface area contributed by atoms with Gasteiger partial charge in [-0.05, 0) is 48.9 Å². The van der Waals surface area contributed by atoms with Gasteiger partial charge in [0.2, 0.25) is 0 Å². The predicted octanol–water partition coefficient (Wildman–Crippen LogP) is 6.18. The van der Waals surface area contributed by atoms with E-state index >= 15 is 0 Å². The first kappa shape index (κ1) is 22.0. The Morgan fingerprint density at radius 2 is 2.03 bits per heavy atom. The second-order valence-electron chi connectivity index (χ2n) is 6.31. The number of hydrogen-bond donors (Lipinski definition) is 1. The average molecular weight is 497 g/mol. The zero-order valence-corrected chi connectivity index (χ0v) is 18.1. The summed E-state index contributed by atoms with van der Waals surface area (Å²) < 4.78 is 45.1. The number of amides is 1. The van der Waals surface area contributed by atoms with Gasteiger partial charge in [-0.3, -0.25) is 4.79 Å². The molecule has 0 bridgehead atoms. The Morgan fingerprint density at radius 3 is 2.73 bits per heavy atom. The molecule has 0 fully saturated rings. The number of hydrazone groups is 1. The molecular weight excluding hydrogens is 481 g/mol. The van der Waals surface area contributed by atoms with Gasteiger partial charge >= 0.3 is 6.18 Å². The van der Waals surface area contributed by atoms with Crippen LogP contribution in [0.5, 0.6) is 5.75 Å². The van der Waals surface area contributed by atoms with Crippen LogP contribution in [0.15, 0.2) is 63.5 Å². The first-order valence-corrected chi connectivity index (χ1v) is 10.4. The van der Waals surface area contributed by atoms with Crippen molar-refractivity contribution in [1.82, 2.24) is 5.43 Å². The molecule has 0 saturated carbocycles. The standard InChI is InChI=1S/C21H16BrF3N2O2S/c1-13-7-16(12-30-13)20(28)27-26-10-15-9-18(22)5-6-19(15)29-11-14-3-2-4-17(8-14)21(23,24)25/h2-10,12H,11H2,1H3,(H,27,28)/b26-10-. The zero-order chi connectivity index (χ0) is 21.7. The molecule has 2 aromatic carbocycles. The molecule has 0 saturated heterocycles. The lowest BCUT2D eigenvalue weighted by Gasteiger charge is -2.12. The van der Waals surface area contributed by atoms with Crippen LogP contribution in [0.25, 0.3) is 0 Å². The summed E-state index contributed by atoms with van der Waals surface area (Å²) in [6.45, 7) is 1.85. The van der Waals surface area contributed by atoms with Gasteiger partial charge in [0.25, 0.3) is 5.91 Å². The molecule has 1 amide bonds. The number of aryl methyl sites for hydroxylation is 1. The van der Waals surface area contributed by atoms with Gasteiger partial charge in [0.1, 0.15) is 12.4 Å². The highest BCUT2D eigenvalue weighted by Gasteiger charge is 2.30. The molecule has 0 unspecified atom stereocenters. The van der Waals surface area contributed by atoms with Gasteiger partial charge in [-0.25, -0.2) is 5.43 Å². The van der Waals surface area contributed by atoms with Crippen LogP contribution in [0.1, 0.15) is 31.9 Å².